The highest BCUT2D eigenvalue weighted by atomic mass is 35.5. The minimum Gasteiger partial charge on any atom is -0.494 e. The molecule has 1 N–H and O–H groups in total. The quantitative estimate of drug-likeness (QED) is 0.126. The number of aromatic nitrogens is 2. The number of carbonyl (C=O) groups is 3. The Morgan fingerprint density at radius 1 is 1.12 bits per heavy atom. The molecule has 15 heteroatoms. The summed E-state index contributed by atoms with van der Waals surface area (Å²) in [6.07, 6.45) is 3.94. The SMILES string of the molecule is C=C[C@@H]1C[C@]1(CC(=O)[C@@H]1C[C@@H](Oc2ncc(OC)c3ccc(Cl)cc23)CN1C(=O)[C@@H](Cc1nc(-c2cccc(Cl)c2)cs1)C(C)(C)C)C(=O)NS(=O)(=O)C1CC1. The van der Waals surface area contributed by atoms with Crippen LogP contribution < -0.4 is 14.2 Å². The van der Waals surface area contributed by atoms with Gasteiger partial charge in [-0.3, -0.25) is 19.1 Å². The predicted octanol–water partition coefficient (Wildman–Crippen LogP) is 7.69. The van der Waals surface area contributed by atoms with E-state index in [9.17, 15) is 22.8 Å². The van der Waals surface area contributed by atoms with Crippen molar-refractivity contribution in [1.29, 1.82) is 0 Å². The van der Waals surface area contributed by atoms with Gasteiger partial charge in [0.1, 0.15) is 11.9 Å². The lowest BCUT2D eigenvalue weighted by molar-refractivity contribution is -0.144. The average Bonchev–Trinajstić information content (AvgIpc) is 4.04. The Balaban J connectivity index is 1.19. The predicted molar refractivity (Wildman–Crippen MR) is 217 cm³/mol. The third kappa shape index (κ3) is 8.19. The van der Waals surface area contributed by atoms with Gasteiger partial charge in [0.15, 0.2) is 5.78 Å². The van der Waals surface area contributed by atoms with E-state index in [1.807, 2.05) is 50.4 Å². The molecule has 2 aliphatic carbocycles. The van der Waals surface area contributed by atoms with Gasteiger partial charge in [-0.1, -0.05) is 62.2 Å². The van der Waals surface area contributed by atoms with E-state index in [-0.39, 0.29) is 49.3 Å². The van der Waals surface area contributed by atoms with Gasteiger partial charge in [0, 0.05) is 56.9 Å². The molecule has 0 unspecified atom stereocenters. The Kier molecular flexibility index (Phi) is 11.0. The second kappa shape index (κ2) is 15.4. The molecule has 2 amide bonds. The number of amides is 2. The van der Waals surface area contributed by atoms with Crippen molar-refractivity contribution in [2.24, 2.45) is 22.7 Å². The zero-order valence-electron chi connectivity index (χ0n) is 31.6. The Labute approximate surface area is 340 Å². The third-order valence-corrected chi connectivity index (χ3v) is 14.3. The Hall–Kier alpha value is -4.04. The van der Waals surface area contributed by atoms with Crippen LogP contribution in [0.5, 0.6) is 11.6 Å². The summed E-state index contributed by atoms with van der Waals surface area (Å²) < 4.78 is 39.9. The fourth-order valence-corrected chi connectivity index (χ4v) is 10.2. The minimum atomic E-state index is -3.85. The van der Waals surface area contributed by atoms with E-state index in [2.05, 4.69) is 16.3 Å². The maximum absolute atomic E-state index is 14.9. The van der Waals surface area contributed by atoms with Gasteiger partial charge in [-0.15, -0.1) is 17.9 Å². The molecular formula is C41H44Cl2N4O7S2. The number of nitrogens with one attached hydrogen (secondary N) is 1. The standard InChI is InChI=1S/C41H44Cl2N4O7S2/c1-6-24-18-41(24,39(50)46-56(51,52)28-11-12-28)19-34(48)33-16-27(54-37-30-15-26(43)10-13-29(30)35(53-5)20-44-37)21-47(33)38(49)31(40(2,3)4)17-36-45-32(22-55-36)23-8-7-9-25(42)14-23/h6-10,13-15,20,22,24,27-28,31,33H,1,11-12,16-19,21H2,2-5H3,(H,46,50)/t24-,27-,31-,33+,41-/m1/s1. The summed E-state index contributed by atoms with van der Waals surface area (Å²) in [5.41, 5.74) is -0.202. The van der Waals surface area contributed by atoms with Crippen LogP contribution in [-0.2, 0) is 30.8 Å². The molecule has 11 nitrogen and oxygen atoms in total. The number of thiazole rings is 1. The van der Waals surface area contributed by atoms with Gasteiger partial charge in [-0.25, -0.2) is 18.4 Å². The van der Waals surface area contributed by atoms with E-state index in [1.165, 1.54) is 11.3 Å². The van der Waals surface area contributed by atoms with E-state index in [0.29, 0.717) is 40.4 Å². The number of fused-ring (bicyclic) bond motifs is 1. The maximum Gasteiger partial charge on any atom is 0.240 e. The number of ketones is 1. The molecule has 0 bridgehead atoms. The number of methoxy groups -OCH3 is 1. The molecule has 4 aromatic rings. The van der Waals surface area contributed by atoms with Gasteiger partial charge < -0.3 is 14.4 Å². The molecule has 2 aromatic heterocycles. The zero-order valence-corrected chi connectivity index (χ0v) is 34.7. The molecule has 3 fully saturated rings. The summed E-state index contributed by atoms with van der Waals surface area (Å²) in [5.74, 6) is -1.48. The second-order valence-electron chi connectivity index (χ2n) is 16.1. The number of likely N-dealkylation sites (tertiary alicyclic amines) is 1. The van der Waals surface area contributed by atoms with Crippen LogP contribution in [0, 0.1) is 22.7 Å². The molecule has 2 aromatic carbocycles. The number of Topliss-reactive ketones (excluding diaryl/α,β-unsaturated/α-hetero) is 1. The summed E-state index contributed by atoms with van der Waals surface area (Å²) in [7, 11) is -2.31. The van der Waals surface area contributed by atoms with Crippen LogP contribution in [0.1, 0.15) is 57.9 Å². The molecule has 5 atom stereocenters. The molecule has 296 valence electrons. The van der Waals surface area contributed by atoms with Crippen molar-refractivity contribution in [3.63, 3.8) is 0 Å². The van der Waals surface area contributed by atoms with E-state index < -0.39 is 50.1 Å². The number of carbonyl (C=O) groups excluding carboxylic acids is 3. The van der Waals surface area contributed by atoms with Crippen LogP contribution >= 0.6 is 34.5 Å². The fraction of sp³-hybridized carbons (Fsp3) is 0.439. The van der Waals surface area contributed by atoms with Crippen molar-refractivity contribution in [3.05, 3.63) is 81.7 Å². The summed E-state index contributed by atoms with van der Waals surface area (Å²) in [6, 6.07) is 11.7. The minimum absolute atomic E-state index is 0.0728. The van der Waals surface area contributed by atoms with Gasteiger partial charge >= 0.3 is 0 Å². The Bertz CT molecular complexity index is 2320. The van der Waals surface area contributed by atoms with Crippen molar-refractivity contribution in [2.75, 3.05) is 13.7 Å². The topological polar surface area (TPSA) is 145 Å². The summed E-state index contributed by atoms with van der Waals surface area (Å²) in [6.45, 7) is 9.87. The highest BCUT2D eigenvalue weighted by Crippen LogP contribution is 2.57. The zero-order chi connectivity index (χ0) is 40.2. The molecule has 1 saturated heterocycles. The second-order valence-corrected chi connectivity index (χ2v) is 19.9. The van der Waals surface area contributed by atoms with Gasteiger partial charge in [-0.2, -0.15) is 0 Å². The van der Waals surface area contributed by atoms with Crippen LogP contribution in [0.2, 0.25) is 10.0 Å². The summed E-state index contributed by atoms with van der Waals surface area (Å²) >= 11 is 14.1. The molecule has 3 heterocycles. The Morgan fingerprint density at radius 2 is 1.88 bits per heavy atom. The van der Waals surface area contributed by atoms with Crippen molar-refractivity contribution >= 4 is 72.9 Å². The Morgan fingerprint density at radius 3 is 2.54 bits per heavy atom. The number of benzene rings is 2. The molecule has 1 aliphatic heterocycles. The van der Waals surface area contributed by atoms with Crippen LogP contribution in [0.3, 0.4) is 0 Å². The van der Waals surface area contributed by atoms with Crippen molar-refractivity contribution in [2.45, 2.75) is 76.7 Å². The first-order chi connectivity index (χ1) is 26.5. The number of hydrogen-bond acceptors (Lipinski definition) is 10. The summed E-state index contributed by atoms with van der Waals surface area (Å²) in [5, 5.41) is 4.49. The molecule has 3 aliphatic rings. The number of sulfonamides is 1. The van der Waals surface area contributed by atoms with Crippen LogP contribution in [0.4, 0.5) is 0 Å². The van der Waals surface area contributed by atoms with E-state index >= 15 is 0 Å². The monoisotopic (exact) mass is 838 g/mol. The van der Waals surface area contributed by atoms with Gasteiger partial charge in [-0.05, 0) is 60.9 Å². The van der Waals surface area contributed by atoms with E-state index in [1.54, 1.807) is 42.5 Å². The first kappa shape index (κ1) is 40.2. The lowest BCUT2D eigenvalue weighted by atomic mass is 9.77. The normalized spacial score (nSPS) is 22.8. The number of allylic oxidation sites excluding steroid dienone is 1. The average molecular weight is 840 g/mol. The fourth-order valence-electron chi connectivity index (χ4n) is 7.64. The number of hydrogen-bond donors (Lipinski definition) is 1. The smallest absolute Gasteiger partial charge is 0.240 e. The number of halogens is 2. The first-order valence-corrected chi connectivity index (χ1v) is 21.7. The number of pyridine rings is 1. The number of rotatable bonds is 14. The lowest BCUT2D eigenvalue weighted by Gasteiger charge is -2.35. The van der Waals surface area contributed by atoms with Crippen LogP contribution in [0.15, 0.2) is 66.7 Å². The number of ether oxygens (including phenoxy) is 2. The lowest BCUT2D eigenvalue weighted by Crippen LogP contribution is -2.48. The van der Waals surface area contributed by atoms with Gasteiger partial charge in [0.25, 0.3) is 0 Å². The summed E-state index contributed by atoms with van der Waals surface area (Å²) in [4.78, 5) is 54.1. The highest BCUT2D eigenvalue weighted by molar-refractivity contribution is 7.90. The van der Waals surface area contributed by atoms with Crippen molar-refractivity contribution in [1.82, 2.24) is 19.6 Å². The maximum atomic E-state index is 14.9. The van der Waals surface area contributed by atoms with Crippen LogP contribution in [0.25, 0.3) is 22.0 Å². The van der Waals surface area contributed by atoms with Crippen molar-refractivity contribution < 1.29 is 32.3 Å². The van der Waals surface area contributed by atoms with Gasteiger partial charge in [0.05, 0.1) is 47.3 Å². The molecule has 56 heavy (non-hydrogen) atoms. The molecule has 0 spiro atoms. The molecule has 0 radical (unpaired) electrons. The van der Waals surface area contributed by atoms with Crippen LogP contribution in [-0.4, -0.2) is 71.9 Å². The largest absolute Gasteiger partial charge is 0.494 e. The van der Waals surface area contributed by atoms with E-state index in [0.717, 1.165) is 21.7 Å². The van der Waals surface area contributed by atoms with Gasteiger partial charge in [0.2, 0.25) is 27.7 Å². The van der Waals surface area contributed by atoms with E-state index in [4.69, 9.17) is 37.7 Å². The molecule has 7 rings (SSSR count). The van der Waals surface area contributed by atoms with Crippen molar-refractivity contribution in [3.8, 4) is 22.9 Å². The molecular weight excluding hydrogens is 796 g/mol. The third-order valence-electron chi connectivity index (χ3n) is 11.1. The molecule has 2 saturated carbocycles. The first-order valence-electron chi connectivity index (χ1n) is 18.5. The highest BCUT2D eigenvalue weighted by Gasteiger charge is 2.61. The number of nitrogens with zero attached hydrogens (tertiary/aromatic N) is 3.